The molecule has 8 rings (SSSR count). The highest BCUT2D eigenvalue weighted by Crippen LogP contribution is 2.69. The van der Waals surface area contributed by atoms with Gasteiger partial charge in [0, 0.05) is 40.2 Å². The smallest absolute Gasteiger partial charge is 0.408 e. The van der Waals surface area contributed by atoms with Crippen LogP contribution < -0.4 is 5.32 Å². The van der Waals surface area contributed by atoms with E-state index in [1.807, 2.05) is 0 Å². The summed E-state index contributed by atoms with van der Waals surface area (Å²) in [5.74, 6) is -3.41. The van der Waals surface area contributed by atoms with Crippen LogP contribution in [0, 0.1) is 10.8 Å². The van der Waals surface area contributed by atoms with Crippen molar-refractivity contribution in [2.45, 2.75) is 126 Å². The van der Waals surface area contributed by atoms with Crippen molar-refractivity contribution < 1.29 is 67.3 Å². The third-order valence-electron chi connectivity index (χ3n) is 13.5. The molecule has 6 aliphatic rings. The normalized spacial score (nSPS) is 35.9. The number of benzene rings is 2. The molecule has 12 atom stereocenters. The van der Waals surface area contributed by atoms with Crippen molar-refractivity contribution in [3.05, 3.63) is 82.9 Å². The molecular formula is C45H54N2O14. The van der Waals surface area contributed by atoms with Gasteiger partial charge in [-0.1, -0.05) is 48.5 Å². The molecule has 3 N–H and O–H groups in total. The molecule has 1 unspecified atom stereocenters. The summed E-state index contributed by atoms with van der Waals surface area (Å²) >= 11 is 0. The van der Waals surface area contributed by atoms with E-state index in [1.165, 1.54) is 39.5 Å². The van der Waals surface area contributed by atoms with Crippen LogP contribution in [0.3, 0.4) is 0 Å². The minimum Gasteiger partial charge on any atom is -0.456 e. The molecule has 3 fully saturated rings. The number of Topliss-reactive ketones (excluding diaryl/α,β-unsaturated/α-hetero) is 1. The monoisotopic (exact) mass is 846 g/mol. The first-order chi connectivity index (χ1) is 28.7. The molecule has 1 amide bonds. The van der Waals surface area contributed by atoms with E-state index in [0.29, 0.717) is 11.1 Å². The largest absolute Gasteiger partial charge is 0.456 e. The zero-order chi connectivity index (χ0) is 44.5. The lowest BCUT2D eigenvalue weighted by Crippen LogP contribution is -2.91. The number of aliphatic hydroxyl groups excluding tert-OH is 1. The number of carbonyl (C=O) groups is 5. The van der Waals surface area contributed by atoms with Crippen molar-refractivity contribution in [2.75, 3.05) is 20.8 Å². The molecule has 2 saturated carbocycles. The molecule has 0 aromatic heterocycles. The summed E-state index contributed by atoms with van der Waals surface area (Å²) in [6, 6.07) is 14.9. The van der Waals surface area contributed by atoms with E-state index in [0.717, 1.165) is 0 Å². The lowest BCUT2D eigenvalue weighted by molar-refractivity contribution is -0.355. The van der Waals surface area contributed by atoms with Gasteiger partial charge in [0.15, 0.2) is 29.1 Å². The standard InChI is InChI=1S/C45H54N2O14/c1-24-28(58-37(52)33(49)32(26-16-12-10-13-17-26)47-39(53)61-40(3,4)5)21-43(54)38(59-36(51)27-18-14-11-15-19-27)45-42(7,35(50)34(56-9)31(24)41(43,6)22-46-45)29(55-8)20-30-44(45,23-57-30)60-25(2)48/h10-19,22,28-30,32-34,38,49,54H,20-21,23H2,1-9H3,(H,47,53)/t28-,29-,30+,32-,33+,34+,38+,41?,42-,43+,44-,45+/m0/s1. The van der Waals surface area contributed by atoms with Crippen LogP contribution in [0.4, 0.5) is 4.79 Å². The first-order valence-electron chi connectivity index (χ1n) is 20.3. The Bertz CT molecular complexity index is 2160. The summed E-state index contributed by atoms with van der Waals surface area (Å²) in [6.45, 7) is 10.7. The van der Waals surface area contributed by atoms with Crippen molar-refractivity contribution in [3.8, 4) is 0 Å². The molecule has 4 bridgehead atoms. The second-order valence-electron chi connectivity index (χ2n) is 17.9. The average Bonchev–Trinajstić information content (AvgIpc) is 3.20. The Balaban J connectivity index is 1.41. The van der Waals surface area contributed by atoms with Crippen LogP contribution in [0.25, 0.3) is 0 Å². The van der Waals surface area contributed by atoms with E-state index >= 15 is 4.79 Å². The molecule has 0 radical (unpaired) electrons. The summed E-state index contributed by atoms with van der Waals surface area (Å²) in [5, 5.41) is 28.1. The minimum absolute atomic E-state index is 0.0604. The third kappa shape index (κ3) is 6.51. The first kappa shape index (κ1) is 44.1. The second kappa shape index (κ2) is 15.4. The Hall–Kier alpha value is -5.00. The predicted molar refractivity (Wildman–Crippen MR) is 215 cm³/mol. The minimum atomic E-state index is -2.32. The van der Waals surface area contributed by atoms with Crippen LogP contribution in [0.5, 0.6) is 0 Å². The number of ether oxygens (including phenoxy) is 7. The highest BCUT2D eigenvalue weighted by Gasteiger charge is 2.88. The van der Waals surface area contributed by atoms with Gasteiger partial charge in [0.25, 0.3) is 0 Å². The Labute approximate surface area is 353 Å². The third-order valence-corrected chi connectivity index (χ3v) is 13.5. The van der Waals surface area contributed by atoms with E-state index in [9.17, 15) is 29.4 Å². The molecule has 16 nitrogen and oxygen atoms in total. The van der Waals surface area contributed by atoms with E-state index in [1.54, 1.807) is 90.1 Å². The number of methoxy groups -OCH3 is 2. The molecule has 3 heterocycles. The van der Waals surface area contributed by atoms with Gasteiger partial charge in [0.2, 0.25) is 0 Å². The number of aliphatic hydroxyl groups is 2. The summed E-state index contributed by atoms with van der Waals surface area (Å²) in [4.78, 5) is 75.8. The van der Waals surface area contributed by atoms with E-state index in [4.69, 9.17) is 38.2 Å². The molecule has 2 aromatic carbocycles. The maximum atomic E-state index is 15.7. The van der Waals surface area contributed by atoms with Gasteiger partial charge in [-0.25, -0.2) is 14.4 Å². The molecular weight excluding hydrogens is 792 g/mol. The number of rotatable bonds is 10. The van der Waals surface area contributed by atoms with Crippen molar-refractivity contribution in [1.82, 2.24) is 5.32 Å². The van der Waals surface area contributed by atoms with Crippen LogP contribution in [0.15, 0.2) is 76.8 Å². The zero-order valence-corrected chi connectivity index (χ0v) is 35.8. The first-order valence-corrected chi connectivity index (χ1v) is 20.3. The van der Waals surface area contributed by atoms with Crippen molar-refractivity contribution in [1.29, 1.82) is 0 Å². The summed E-state index contributed by atoms with van der Waals surface area (Å²) < 4.78 is 42.6. The summed E-state index contributed by atoms with van der Waals surface area (Å²) in [7, 11) is 2.74. The topological polar surface area (TPSA) is 215 Å². The molecule has 1 spiro atoms. The number of fused-ring (bicyclic) bond motifs is 2. The van der Waals surface area contributed by atoms with E-state index in [-0.39, 0.29) is 24.2 Å². The molecule has 3 aliphatic carbocycles. The number of hydrogen-bond acceptors (Lipinski definition) is 15. The van der Waals surface area contributed by atoms with Crippen LogP contribution >= 0.6 is 0 Å². The quantitative estimate of drug-likeness (QED) is 0.177. The summed E-state index contributed by atoms with van der Waals surface area (Å²) in [6.07, 6.45) is -8.46. The highest BCUT2D eigenvalue weighted by molar-refractivity contribution is 5.99. The number of alkyl carbamates (subject to hydrolysis) is 1. The molecule has 1 saturated heterocycles. The van der Waals surface area contributed by atoms with Crippen molar-refractivity contribution >= 4 is 36.0 Å². The number of carbonyl (C=O) groups excluding carboxylic acids is 5. The number of aliphatic imine (C=N–C) groups is 1. The Morgan fingerprint density at radius 2 is 1.61 bits per heavy atom. The van der Waals surface area contributed by atoms with Gasteiger partial charge in [-0.3, -0.25) is 14.6 Å². The SMILES string of the molecule is CO[C@H]1C(=O)[C@]2(C)[C@@H](OC)C[C@H]3OC[C@@]3(OC(C)=O)[C@]23N=CC2(C)C1=C(C)[C@@H](OC(=O)[C@H](O)[C@@H](NC(=O)OC(C)(C)C)c1ccccc1)C[C@@]2(O)[C@H]3OC(=O)c1ccccc1. The molecule has 2 aromatic rings. The van der Waals surface area contributed by atoms with Gasteiger partial charge < -0.3 is 48.7 Å². The Morgan fingerprint density at radius 3 is 2.16 bits per heavy atom. The number of nitrogens with one attached hydrogen (secondary N) is 1. The zero-order valence-electron chi connectivity index (χ0n) is 35.8. The fourth-order valence-corrected chi connectivity index (χ4v) is 10.6. The summed E-state index contributed by atoms with van der Waals surface area (Å²) in [5.41, 5.74) is -9.73. The lowest BCUT2D eigenvalue weighted by atomic mass is 9.39. The van der Waals surface area contributed by atoms with Crippen LogP contribution in [-0.4, -0.2) is 126 Å². The van der Waals surface area contributed by atoms with Crippen LogP contribution in [-0.2, 0) is 47.5 Å². The van der Waals surface area contributed by atoms with Gasteiger partial charge >= 0.3 is 24.0 Å². The maximum absolute atomic E-state index is 15.7. The second-order valence-corrected chi connectivity index (χ2v) is 17.9. The van der Waals surface area contributed by atoms with Crippen LogP contribution in [0.2, 0.25) is 0 Å². The molecule has 328 valence electrons. The van der Waals surface area contributed by atoms with E-state index < -0.39 is 112 Å². The van der Waals surface area contributed by atoms with Crippen molar-refractivity contribution in [2.24, 2.45) is 15.8 Å². The van der Waals surface area contributed by atoms with Gasteiger partial charge in [0.05, 0.1) is 35.1 Å². The molecule has 61 heavy (non-hydrogen) atoms. The predicted octanol–water partition coefficient (Wildman–Crippen LogP) is 3.75. The number of hydrogen-bond donors (Lipinski definition) is 3. The van der Waals surface area contributed by atoms with Gasteiger partial charge in [-0.2, -0.15) is 0 Å². The van der Waals surface area contributed by atoms with E-state index in [2.05, 4.69) is 5.32 Å². The van der Waals surface area contributed by atoms with Gasteiger partial charge in [-0.05, 0) is 70.4 Å². The van der Waals surface area contributed by atoms with Gasteiger partial charge in [0.1, 0.15) is 29.5 Å². The average molecular weight is 847 g/mol. The molecule has 16 heteroatoms. The lowest BCUT2D eigenvalue weighted by Gasteiger charge is -2.73. The van der Waals surface area contributed by atoms with Crippen molar-refractivity contribution in [3.63, 3.8) is 0 Å². The number of esters is 3. The van der Waals surface area contributed by atoms with Gasteiger partial charge in [-0.15, -0.1) is 0 Å². The molecule has 3 aliphatic heterocycles. The maximum Gasteiger partial charge on any atom is 0.408 e. The number of nitrogens with zero attached hydrogens (tertiary/aromatic N) is 1. The Kier molecular flexibility index (Phi) is 11.1. The number of ketones is 1. The fourth-order valence-electron chi connectivity index (χ4n) is 10.6. The Morgan fingerprint density at radius 1 is 0.967 bits per heavy atom. The highest BCUT2D eigenvalue weighted by atomic mass is 16.6. The van der Waals surface area contributed by atoms with Crippen LogP contribution in [0.1, 0.15) is 83.3 Å². The number of amides is 1. The fraction of sp³-hybridized carbons (Fsp3) is 0.556.